The van der Waals surface area contributed by atoms with Gasteiger partial charge >= 0.3 is 0 Å². The van der Waals surface area contributed by atoms with E-state index in [4.69, 9.17) is 24.4 Å². The third-order valence-corrected chi connectivity index (χ3v) is 4.01. The normalized spacial score (nSPS) is 13.3. The maximum atomic E-state index is 11.5. The summed E-state index contributed by atoms with van der Waals surface area (Å²) in [5, 5.41) is 39.3. The van der Waals surface area contributed by atoms with Crippen LogP contribution in [0.5, 0.6) is 0 Å². The van der Waals surface area contributed by atoms with Crippen molar-refractivity contribution in [2.24, 2.45) is 0 Å². The van der Waals surface area contributed by atoms with Gasteiger partial charge in [0.15, 0.2) is 0 Å². The molecule has 0 aromatic carbocycles. The van der Waals surface area contributed by atoms with Gasteiger partial charge in [-0.25, -0.2) is 11.0 Å². The van der Waals surface area contributed by atoms with Crippen LogP contribution < -0.4 is 21.6 Å². The summed E-state index contributed by atoms with van der Waals surface area (Å²) in [4.78, 5) is 44.9. The smallest absolute Gasteiger partial charge is 0.268 e. The van der Waals surface area contributed by atoms with Crippen molar-refractivity contribution in [2.45, 2.75) is 25.1 Å². The first-order valence-corrected chi connectivity index (χ1v) is 9.91. The lowest BCUT2D eigenvalue weighted by Crippen LogP contribution is -2.51. The van der Waals surface area contributed by atoms with Crippen LogP contribution in [0.15, 0.2) is 58.0 Å². The molecule has 35 heavy (non-hydrogen) atoms. The second-order valence-electron chi connectivity index (χ2n) is 6.66. The maximum Gasteiger partial charge on any atom is 0.268 e. The van der Waals surface area contributed by atoms with Gasteiger partial charge in [0.25, 0.3) is 11.8 Å². The summed E-state index contributed by atoms with van der Waals surface area (Å²) in [6, 6.07) is 2.53. The van der Waals surface area contributed by atoms with Crippen LogP contribution >= 0.6 is 0 Å². The Morgan fingerprint density at radius 2 is 1.63 bits per heavy atom. The minimum Gasteiger partial charge on any atom is -0.472 e. The van der Waals surface area contributed by atoms with E-state index in [0.717, 1.165) is 6.08 Å². The lowest BCUT2D eigenvalue weighted by Gasteiger charge is -2.18. The molecule has 0 aliphatic heterocycles. The molecular formula is C21H26N4O10. The van der Waals surface area contributed by atoms with Crippen molar-refractivity contribution >= 4 is 35.8 Å². The number of nitrogens with one attached hydrogen (secondary N) is 4. The van der Waals surface area contributed by atoms with E-state index in [1.165, 1.54) is 54.9 Å². The zero-order valence-corrected chi connectivity index (χ0v) is 18.5. The Bertz CT molecular complexity index is 984. The average molecular weight is 494 g/mol. The molecule has 14 nitrogen and oxygen atoms in total. The number of aliphatic hydroxyl groups excluding tert-OH is 2. The Balaban J connectivity index is 0.000000351. The van der Waals surface area contributed by atoms with Gasteiger partial charge in [0.05, 0.1) is 31.5 Å². The highest BCUT2D eigenvalue weighted by Gasteiger charge is 2.24. The number of amides is 4. The number of hydrogen-bond donors (Lipinski definition) is 8. The lowest BCUT2D eigenvalue weighted by atomic mass is 10.1. The molecular weight excluding hydrogens is 468 g/mol. The van der Waals surface area contributed by atoms with E-state index in [9.17, 15) is 24.3 Å². The van der Waals surface area contributed by atoms with Crippen LogP contribution in [0.3, 0.4) is 0 Å². The summed E-state index contributed by atoms with van der Waals surface area (Å²) >= 11 is 0. The van der Waals surface area contributed by atoms with Crippen molar-refractivity contribution in [2.75, 3.05) is 6.61 Å². The van der Waals surface area contributed by atoms with Crippen molar-refractivity contribution < 1.29 is 48.6 Å². The molecule has 2 rings (SSSR count). The van der Waals surface area contributed by atoms with Crippen LogP contribution in [0.25, 0.3) is 12.2 Å². The van der Waals surface area contributed by atoms with E-state index in [-0.39, 0.29) is 0 Å². The molecule has 0 aliphatic carbocycles. The van der Waals surface area contributed by atoms with Crippen LogP contribution in [-0.2, 0) is 19.2 Å². The van der Waals surface area contributed by atoms with Crippen molar-refractivity contribution in [1.29, 1.82) is 0 Å². The summed E-state index contributed by atoms with van der Waals surface area (Å²) in [5.74, 6) is -2.48. The first kappa shape index (κ1) is 28.8. The molecule has 0 radical (unpaired) electrons. The van der Waals surface area contributed by atoms with E-state index in [2.05, 4.69) is 10.6 Å². The van der Waals surface area contributed by atoms with Crippen molar-refractivity contribution in [3.63, 3.8) is 0 Å². The van der Waals surface area contributed by atoms with Crippen LogP contribution in [0.4, 0.5) is 0 Å². The molecule has 2 aromatic rings. The molecule has 190 valence electrons. The topological polar surface area (TPSA) is 224 Å². The minimum atomic E-state index is -1.23. The van der Waals surface area contributed by atoms with Gasteiger partial charge in [0.2, 0.25) is 11.8 Å². The van der Waals surface area contributed by atoms with Crippen molar-refractivity contribution in [3.05, 3.63) is 60.5 Å². The highest BCUT2D eigenvalue weighted by molar-refractivity contribution is 5.96. The third kappa shape index (κ3) is 11.0. The zero-order valence-electron chi connectivity index (χ0n) is 18.5. The first-order chi connectivity index (χ1) is 16.7. The molecule has 3 atom stereocenters. The Kier molecular flexibility index (Phi) is 12.8. The fraction of sp³-hybridized carbons (Fsp3) is 0.238. The molecule has 2 aromatic heterocycles. The standard InChI is InChI=1S/C11H14N2O5.C10H12N2O5/c1-7(14)10(11(16)13-17)12-9(15)3-2-8-4-5-18-6-8;13-6-8(10(15)12-16)11-9(14)4-3-7-2-1-5-17-7/h2-7,10,14,17H,1H3,(H,12,15)(H,13,16);1-5,8,13,16H,6H2,(H,11,14)(H,12,15)/b3-2+;. The van der Waals surface area contributed by atoms with Gasteiger partial charge < -0.3 is 29.7 Å². The number of aliphatic hydroxyl groups is 2. The highest BCUT2D eigenvalue weighted by Crippen LogP contribution is 2.03. The Labute approximate surface area is 198 Å². The quantitative estimate of drug-likeness (QED) is 0.113. The molecule has 0 spiro atoms. The molecule has 0 bridgehead atoms. The summed E-state index contributed by atoms with van der Waals surface area (Å²) in [5.41, 5.74) is 3.39. The Morgan fingerprint density at radius 3 is 2.14 bits per heavy atom. The van der Waals surface area contributed by atoms with Gasteiger partial charge in [-0.2, -0.15) is 0 Å². The van der Waals surface area contributed by atoms with Crippen molar-refractivity contribution in [3.8, 4) is 0 Å². The number of hydrogen-bond acceptors (Lipinski definition) is 10. The van der Waals surface area contributed by atoms with Gasteiger partial charge in [0, 0.05) is 17.7 Å². The summed E-state index contributed by atoms with van der Waals surface area (Å²) in [7, 11) is 0. The van der Waals surface area contributed by atoms with E-state index in [0.29, 0.717) is 11.3 Å². The number of carbonyl (C=O) groups is 4. The Morgan fingerprint density at radius 1 is 0.971 bits per heavy atom. The predicted molar refractivity (Wildman–Crippen MR) is 118 cm³/mol. The minimum absolute atomic E-state index is 0.479. The second kappa shape index (κ2) is 15.6. The SMILES string of the molecule is CC(O)C(NC(=O)/C=C/c1ccoc1)C(=O)NO.O=C(C=Cc1ccco1)NC(CO)C(=O)NO. The van der Waals surface area contributed by atoms with Gasteiger partial charge in [-0.1, -0.05) is 0 Å². The van der Waals surface area contributed by atoms with Crippen LogP contribution in [0.1, 0.15) is 18.2 Å². The van der Waals surface area contributed by atoms with E-state index >= 15 is 0 Å². The lowest BCUT2D eigenvalue weighted by molar-refractivity contribution is -0.136. The molecule has 0 saturated heterocycles. The molecule has 8 N–H and O–H groups in total. The molecule has 14 heteroatoms. The summed E-state index contributed by atoms with van der Waals surface area (Å²) < 4.78 is 9.75. The largest absolute Gasteiger partial charge is 0.472 e. The molecule has 0 saturated carbocycles. The Hall–Kier alpha value is -4.24. The number of hydroxylamine groups is 2. The molecule has 0 fully saturated rings. The third-order valence-electron chi connectivity index (χ3n) is 4.01. The number of rotatable bonds is 10. The van der Waals surface area contributed by atoms with Crippen LogP contribution in [-0.4, -0.2) is 69.1 Å². The number of furan rings is 2. The fourth-order valence-corrected chi connectivity index (χ4v) is 2.25. The molecule has 2 heterocycles. The fourth-order valence-electron chi connectivity index (χ4n) is 2.25. The van der Waals surface area contributed by atoms with E-state index in [1.807, 2.05) is 0 Å². The summed E-state index contributed by atoms with van der Waals surface area (Å²) in [6.45, 7) is 0.701. The molecule has 0 aliphatic rings. The van der Waals surface area contributed by atoms with E-state index in [1.54, 1.807) is 18.2 Å². The van der Waals surface area contributed by atoms with Gasteiger partial charge in [-0.15, -0.1) is 0 Å². The summed E-state index contributed by atoms with van der Waals surface area (Å²) in [6.07, 6.45) is 8.43. The van der Waals surface area contributed by atoms with Gasteiger partial charge in [-0.05, 0) is 37.3 Å². The predicted octanol–water partition coefficient (Wildman–Crippen LogP) is -1.06. The maximum absolute atomic E-state index is 11.5. The highest BCUT2D eigenvalue weighted by atomic mass is 16.5. The van der Waals surface area contributed by atoms with Crippen LogP contribution in [0, 0.1) is 0 Å². The first-order valence-electron chi connectivity index (χ1n) is 9.91. The van der Waals surface area contributed by atoms with Gasteiger partial charge in [0.1, 0.15) is 17.8 Å². The molecule has 3 unspecified atom stereocenters. The van der Waals surface area contributed by atoms with Gasteiger partial charge in [-0.3, -0.25) is 29.6 Å². The van der Waals surface area contributed by atoms with E-state index < -0.39 is 48.4 Å². The zero-order chi connectivity index (χ0) is 26.2. The average Bonchev–Trinajstić information content (AvgIpc) is 3.57. The number of carbonyl (C=O) groups excluding carboxylic acids is 4. The van der Waals surface area contributed by atoms with Crippen molar-refractivity contribution in [1.82, 2.24) is 21.6 Å². The molecule has 4 amide bonds. The second-order valence-corrected chi connectivity index (χ2v) is 6.66. The van der Waals surface area contributed by atoms with Crippen LogP contribution in [0.2, 0.25) is 0 Å². The monoisotopic (exact) mass is 494 g/mol.